The fourth-order valence-corrected chi connectivity index (χ4v) is 2.32. The van der Waals surface area contributed by atoms with Crippen LogP contribution in [0.25, 0.3) is 0 Å². The van der Waals surface area contributed by atoms with Crippen molar-refractivity contribution >= 4 is 23.2 Å². The molecule has 2 aromatic rings. The monoisotopic (exact) mass is 312 g/mol. The summed E-state index contributed by atoms with van der Waals surface area (Å²) in [5.41, 5.74) is 3.00. The van der Waals surface area contributed by atoms with Crippen molar-refractivity contribution in [1.82, 2.24) is 10.3 Å². The lowest BCUT2D eigenvalue weighted by atomic mass is 10.2. The quantitative estimate of drug-likeness (QED) is 0.874. The van der Waals surface area contributed by atoms with Crippen LogP contribution in [0.3, 0.4) is 0 Å². The van der Waals surface area contributed by atoms with Crippen LogP contribution >= 0.6 is 0 Å². The van der Waals surface area contributed by atoms with Crippen LogP contribution in [0.5, 0.6) is 0 Å². The standard InChI is InChI=1S/C18H24N4O/c1-5-22(16-8-6-7-14(4)11-16)17-10-9-15(12-19-17)21-18(23)20-13(2)3/h6-13H,5H2,1-4H3,(H2,20,21,23). The minimum absolute atomic E-state index is 0.0964. The molecular weight excluding hydrogens is 288 g/mol. The third-order valence-electron chi connectivity index (χ3n) is 3.33. The summed E-state index contributed by atoms with van der Waals surface area (Å²) >= 11 is 0. The molecule has 0 fully saturated rings. The van der Waals surface area contributed by atoms with E-state index in [-0.39, 0.29) is 12.1 Å². The smallest absolute Gasteiger partial charge is 0.319 e. The minimum Gasteiger partial charge on any atom is -0.336 e. The SMILES string of the molecule is CCN(c1cccc(C)c1)c1ccc(NC(=O)NC(C)C)cn1. The molecule has 0 aliphatic carbocycles. The van der Waals surface area contributed by atoms with Gasteiger partial charge in [-0.05, 0) is 57.5 Å². The zero-order chi connectivity index (χ0) is 16.8. The molecule has 0 spiro atoms. The molecule has 1 aromatic heterocycles. The highest BCUT2D eigenvalue weighted by Crippen LogP contribution is 2.24. The molecule has 0 aliphatic heterocycles. The summed E-state index contributed by atoms with van der Waals surface area (Å²) < 4.78 is 0. The van der Waals surface area contributed by atoms with Gasteiger partial charge in [0.15, 0.2) is 0 Å². The summed E-state index contributed by atoms with van der Waals surface area (Å²) in [4.78, 5) is 18.3. The molecule has 0 atom stereocenters. The number of nitrogens with zero attached hydrogens (tertiary/aromatic N) is 2. The molecule has 5 nitrogen and oxygen atoms in total. The lowest BCUT2D eigenvalue weighted by Gasteiger charge is -2.22. The summed E-state index contributed by atoms with van der Waals surface area (Å²) in [7, 11) is 0. The number of benzene rings is 1. The van der Waals surface area contributed by atoms with Crippen molar-refractivity contribution in [2.75, 3.05) is 16.8 Å². The number of carbonyl (C=O) groups is 1. The van der Waals surface area contributed by atoms with Crippen LogP contribution in [-0.4, -0.2) is 23.6 Å². The van der Waals surface area contributed by atoms with Crippen molar-refractivity contribution in [3.8, 4) is 0 Å². The first-order valence-corrected chi connectivity index (χ1v) is 7.87. The summed E-state index contributed by atoms with van der Waals surface area (Å²) in [6.45, 7) is 8.82. The van der Waals surface area contributed by atoms with Crippen molar-refractivity contribution in [3.05, 3.63) is 48.2 Å². The largest absolute Gasteiger partial charge is 0.336 e. The molecule has 0 unspecified atom stereocenters. The number of anilines is 3. The van der Waals surface area contributed by atoms with Crippen LogP contribution in [0.15, 0.2) is 42.6 Å². The molecule has 0 radical (unpaired) electrons. The maximum atomic E-state index is 11.7. The lowest BCUT2D eigenvalue weighted by molar-refractivity contribution is 0.250. The van der Waals surface area contributed by atoms with Gasteiger partial charge in [0.05, 0.1) is 11.9 Å². The average molecular weight is 312 g/mol. The molecule has 0 aliphatic rings. The van der Waals surface area contributed by atoms with Gasteiger partial charge in [0.2, 0.25) is 0 Å². The highest BCUT2D eigenvalue weighted by molar-refractivity contribution is 5.89. The summed E-state index contributed by atoms with van der Waals surface area (Å²) in [5.74, 6) is 0.855. The zero-order valence-electron chi connectivity index (χ0n) is 14.1. The second kappa shape index (κ2) is 7.63. The molecule has 5 heteroatoms. The van der Waals surface area contributed by atoms with Crippen LogP contribution in [0, 0.1) is 6.92 Å². The molecule has 1 aromatic carbocycles. The Hall–Kier alpha value is -2.56. The van der Waals surface area contributed by atoms with Gasteiger partial charge >= 0.3 is 6.03 Å². The van der Waals surface area contributed by atoms with Crippen LogP contribution < -0.4 is 15.5 Å². The van der Waals surface area contributed by atoms with Gasteiger partial charge in [-0.3, -0.25) is 0 Å². The van der Waals surface area contributed by atoms with Gasteiger partial charge < -0.3 is 15.5 Å². The average Bonchev–Trinajstić information content (AvgIpc) is 2.49. The molecule has 0 saturated heterocycles. The first kappa shape index (κ1) is 16.8. The number of aromatic nitrogens is 1. The number of carbonyl (C=O) groups excluding carboxylic acids is 1. The fourth-order valence-electron chi connectivity index (χ4n) is 2.32. The fraction of sp³-hybridized carbons (Fsp3) is 0.333. The van der Waals surface area contributed by atoms with Gasteiger partial charge in [-0.1, -0.05) is 12.1 Å². The Morgan fingerprint density at radius 1 is 1.26 bits per heavy atom. The molecule has 0 saturated carbocycles. The number of aryl methyl sites for hydroxylation is 1. The van der Waals surface area contributed by atoms with Crippen LogP contribution in [0.2, 0.25) is 0 Å². The Morgan fingerprint density at radius 2 is 2.04 bits per heavy atom. The van der Waals surface area contributed by atoms with Gasteiger partial charge in [0, 0.05) is 18.3 Å². The maximum absolute atomic E-state index is 11.7. The zero-order valence-corrected chi connectivity index (χ0v) is 14.1. The van der Waals surface area contributed by atoms with E-state index in [1.807, 2.05) is 32.0 Å². The topological polar surface area (TPSA) is 57.3 Å². The number of urea groups is 1. The third-order valence-corrected chi connectivity index (χ3v) is 3.33. The highest BCUT2D eigenvalue weighted by atomic mass is 16.2. The molecular formula is C18H24N4O. The Morgan fingerprint density at radius 3 is 2.61 bits per heavy atom. The van der Waals surface area contributed by atoms with Gasteiger partial charge in [-0.2, -0.15) is 0 Å². The van der Waals surface area contributed by atoms with Crippen molar-refractivity contribution in [1.29, 1.82) is 0 Å². The third kappa shape index (κ3) is 4.71. The van der Waals surface area contributed by atoms with Crippen LogP contribution in [0.4, 0.5) is 22.0 Å². The second-order valence-electron chi connectivity index (χ2n) is 5.74. The molecule has 2 N–H and O–H groups in total. The van der Waals surface area contributed by atoms with Gasteiger partial charge in [-0.25, -0.2) is 9.78 Å². The summed E-state index contributed by atoms with van der Waals surface area (Å²) in [6, 6.07) is 12.0. The number of nitrogens with one attached hydrogen (secondary N) is 2. The van der Waals surface area contributed by atoms with E-state index < -0.39 is 0 Å². The maximum Gasteiger partial charge on any atom is 0.319 e. The van der Waals surface area contributed by atoms with Gasteiger partial charge in [-0.15, -0.1) is 0 Å². The lowest BCUT2D eigenvalue weighted by Crippen LogP contribution is -2.34. The Bertz CT molecular complexity index is 652. The molecule has 1 heterocycles. The molecule has 23 heavy (non-hydrogen) atoms. The van der Waals surface area contributed by atoms with Gasteiger partial charge in [0.25, 0.3) is 0 Å². The minimum atomic E-state index is -0.222. The normalized spacial score (nSPS) is 10.5. The van der Waals surface area contributed by atoms with Crippen molar-refractivity contribution in [2.45, 2.75) is 33.7 Å². The number of hydrogen-bond acceptors (Lipinski definition) is 3. The molecule has 2 rings (SSSR count). The Balaban J connectivity index is 2.12. The Labute approximate surface area is 137 Å². The van der Waals surface area contributed by atoms with Gasteiger partial charge in [0.1, 0.15) is 5.82 Å². The van der Waals surface area contributed by atoms with Crippen LogP contribution in [0.1, 0.15) is 26.3 Å². The van der Waals surface area contributed by atoms with E-state index in [9.17, 15) is 4.79 Å². The molecule has 2 amide bonds. The van der Waals surface area contributed by atoms with E-state index in [2.05, 4.69) is 52.6 Å². The predicted molar refractivity (Wildman–Crippen MR) is 95.4 cm³/mol. The number of amides is 2. The number of rotatable bonds is 5. The summed E-state index contributed by atoms with van der Waals surface area (Å²) in [5, 5.41) is 5.56. The predicted octanol–water partition coefficient (Wildman–Crippen LogP) is 4.08. The van der Waals surface area contributed by atoms with Crippen molar-refractivity contribution in [2.24, 2.45) is 0 Å². The number of hydrogen-bond donors (Lipinski definition) is 2. The Kier molecular flexibility index (Phi) is 5.57. The van der Waals surface area contributed by atoms with E-state index in [0.717, 1.165) is 18.1 Å². The molecule has 122 valence electrons. The number of pyridine rings is 1. The van der Waals surface area contributed by atoms with Crippen LogP contribution in [-0.2, 0) is 0 Å². The van der Waals surface area contributed by atoms with Crippen molar-refractivity contribution in [3.63, 3.8) is 0 Å². The first-order chi connectivity index (χ1) is 11.0. The van der Waals surface area contributed by atoms with Crippen molar-refractivity contribution < 1.29 is 4.79 Å². The van der Waals surface area contributed by atoms with E-state index in [4.69, 9.17) is 0 Å². The molecule has 0 bridgehead atoms. The first-order valence-electron chi connectivity index (χ1n) is 7.87. The van der Waals surface area contributed by atoms with E-state index >= 15 is 0 Å². The van der Waals surface area contributed by atoms with E-state index in [1.54, 1.807) is 6.20 Å². The highest BCUT2D eigenvalue weighted by Gasteiger charge is 2.09. The van der Waals surface area contributed by atoms with E-state index in [0.29, 0.717) is 5.69 Å². The second-order valence-corrected chi connectivity index (χ2v) is 5.74. The summed E-state index contributed by atoms with van der Waals surface area (Å²) in [6.07, 6.45) is 1.67. The van der Waals surface area contributed by atoms with E-state index in [1.165, 1.54) is 5.56 Å².